The van der Waals surface area contributed by atoms with Gasteiger partial charge in [-0.05, 0) is 24.6 Å². The van der Waals surface area contributed by atoms with Crippen molar-refractivity contribution in [3.8, 4) is 0 Å². The first-order valence-electron chi connectivity index (χ1n) is 4.71. The summed E-state index contributed by atoms with van der Waals surface area (Å²) in [6.45, 7) is 1.99. The first-order chi connectivity index (χ1) is 7.24. The topological polar surface area (TPSA) is 26.3 Å². The molecule has 1 aliphatic rings. The van der Waals surface area contributed by atoms with Crippen molar-refractivity contribution < 1.29 is 9.53 Å². The molecule has 0 amide bonds. The summed E-state index contributed by atoms with van der Waals surface area (Å²) in [4.78, 5) is 14.0. The molecule has 4 heteroatoms. The molecule has 2 nitrogen and oxygen atoms in total. The van der Waals surface area contributed by atoms with E-state index in [1.54, 1.807) is 0 Å². The number of carbonyl (C=O) groups excluding carboxylic acids is 1. The molecule has 80 valence electrons. The lowest BCUT2D eigenvalue weighted by Crippen LogP contribution is -2.06. The lowest BCUT2D eigenvalue weighted by molar-refractivity contribution is 0.0599. The Kier molecular flexibility index (Phi) is 3.26. The van der Waals surface area contributed by atoms with E-state index in [-0.39, 0.29) is 5.97 Å². The Balaban J connectivity index is 2.47. The standard InChI is InChI=1S/C11H12O2S2/c1-7-8(11(12)13-2)3-4-9-10(7)15-6-5-14-9/h3-4H,5-6H2,1-2H3. The summed E-state index contributed by atoms with van der Waals surface area (Å²) in [6.07, 6.45) is 0. The maximum atomic E-state index is 11.5. The monoisotopic (exact) mass is 240 g/mol. The van der Waals surface area contributed by atoms with Gasteiger partial charge in [-0.3, -0.25) is 0 Å². The molecule has 0 bridgehead atoms. The molecule has 0 saturated carbocycles. The van der Waals surface area contributed by atoms with Crippen molar-refractivity contribution in [3.05, 3.63) is 23.3 Å². The van der Waals surface area contributed by atoms with Gasteiger partial charge >= 0.3 is 5.97 Å². The van der Waals surface area contributed by atoms with Crippen molar-refractivity contribution in [2.75, 3.05) is 18.6 Å². The van der Waals surface area contributed by atoms with E-state index in [0.29, 0.717) is 5.56 Å². The molecule has 0 aliphatic carbocycles. The maximum Gasteiger partial charge on any atom is 0.338 e. The molecular formula is C11H12O2S2. The molecule has 1 aliphatic heterocycles. The summed E-state index contributed by atoms with van der Waals surface area (Å²) in [5, 5.41) is 0. The van der Waals surface area contributed by atoms with Gasteiger partial charge in [-0.15, -0.1) is 23.5 Å². The largest absolute Gasteiger partial charge is 0.465 e. The van der Waals surface area contributed by atoms with Gasteiger partial charge < -0.3 is 4.74 Å². The third-order valence-corrected chi connectivity index (χ3v) is 5.03. The van der Waals surface area contributed by atoms with Crippen LogP contribution in [0.25, 0.3) is 0 Å². The first kappa shape index (κ1) is 10.9. The van der Waals surface area contributed by atoms with Gasteiger partial charge in [-0.25, -0.2) is 4.79 Å². The summed E-state index contributed by atoms with van der Waals surface area (Å²) in [7, 11) is 1.42. The molecule has 0 spiro atoms. The zero-order chi connectivity index (χ0) is 10.8. The van der Waals surface area contributed by atoms with Crippen LogP contribution in [0.2, 0.25) is 0 Å². The third kappa shape index (κ3) is 2.01. The fourth-order valence-electron chi connectivity index (χ4n) is 1.59. The van der Waals surface area contributed by atoms with Gasteiger partial charge in [0.25, 0.3) is 0 Å². The molecule has 0 fully saturated rings. The Bertz CT molecular complexity index is 402. The Morgan fingerprint density at radius 1 is 1.33 bits per heavy atom. The van der Waals surface area contributed by atoms with Crippen molar-refractivity contribution in [1.29, 1.82) is 0 Å². The summed E-state index contributed by atoms with van der Waals surface area (Å²) >= 11 is 3.69. The number of benzene rings is 1. The number of hydrogen-bond acceptors (Lipinski definition) is 4. The van der Waals surface area contributed by atoms with Crippen LogP contribution in [0.5, 0.6) is 0 Å². The maximum absolute atomic E-state index is 11.5. The molecule has 0 unspecified atom stereocenters. The lowest BCUT2D eigenvalue weighted by Gasteiger charge is -2.18. The second-order valence-corrected chi connectivity index (χ2v) is 5.50. The summed E-state index contributed by atoms with van der Waals surface area (Å²) < 4.78 is 4.75. The average Bonchev–Trinajstić information content (AvgIpc) is 2.29. The lowest BCUT2D eigenvalue weighted by atomic mass is 10.1. The van der Waals surface area contributed by atoms with Gasteiger partial charge in [0.1, 0.15) is 0 Å². The van der Waals surface area contributed by atoms with Gasteiger partial charge in [-0.1, -0.05) is 0 Å². The quantitative estimate of drug-likeness (QED) is 0.705. The Labute approximate surface area is 97.8 Å². The van der Waals surface area contributed by atoms with Crippen LogP contribution >= 0.6 is 23.5 Å². The molecule has 0 aromatic heterocycles. The van der Waals surface area contributed by atoms with Gasteiger partial charge in [0.15, 0.2) is 0 Å². The minimum absolute atomic E-state index is 0.244. The van der Waals surface area contributed by atoms with Crippen LogP contribution in [-0.4, -0.2) is 24.6 Å². The molecular weight excluding hydrogens is 228 g/mol. The number of carbonyl (C=O) groups is 1. The summed E-state index contributed by atoms with van der Waals surface area (Å²) in [5.74, 6) is 2.02. The number of esters is 1. The highest BCUT2D eigenvalue weighted by atomic mass is 32.2. The molecule has 1 heterocycles. The Hall–Kier alpha value is -0.610. The molecule has 0 radical (unpaired) electrons. The predicted molar refractivity (Wildman–Crippen MR) is 64.0 cm³/mol. The molecule has 0 N–H and O–H groups in total. The third-order valence-electron chi connectivity index (χ3n) is 2.36. The number of fused-ring (bicyclic) bond motifs is 1. The Morgan fingerprint density at radius 3 is 2.80 bits per heavy atom. The molecule has 15 heavy (non-hydrogen) atoms. The van der Waals surface area contributed by atoms with Crippen molar-refractivity contribution in [2.24, 2.45) is 0 Å². The fourth-order valence-corrected chi connectivity index (χ4v) is 4.02. The summed E-state index contributed by atoms with van der Waals surface area (Å²) in [5.41, 5.74) is 1.74. The van der Waals surface area contributed by atoms with Gasteiger partial charge in [0.2, 0.25) is 0 Å². The second-order valence-electron chi connectivity index (χ2n) is 3.25. The van der Waals surface area contributed by atoms with Gasteiger partial charge in [-0.2, -0.15) is 0 Å². The van der Waals surface area contributed by atoms with Crippen LogP contribution in [0.1, 0.15) is 15.9 Å². The van der Waals surface area contributed by atoms with Crippen LogP contribution in [0.3, 0.4) is 0 Å². The highest BCUT2D eigenvalue weighted by molar-refractivity contribution is 8.05. The van der Waals surface area contributed by atoms with Gasteiger partial charge in [0, 0.05) is 21.3 Å². The first-order valence-corrected chi connectivity index (χ1v) is 6.68. The van der Waals surface area contributed by atoms with Crippen molar-refractivity contribution in [2.45, 2.75) is 16.7 Å². The average molecular weight is 240 g/mol. The Morgan fingerprint density at radius 2 is 2.07 bits per heavy atom. The van der Waals surface area contributed by atoms with E-state index < -0.39 is 0 Å². The second kappa shape index (κ2) is 4.49. The van der Waals surface area contributed by atoms with E-state index >= 15 is 0 Å². The van der Waals surface area contributed by atoms with E-state index in [0.717, 1.165) is 17.1 Å². The molecule has 1 aromatic carbocycles. The normalized spacial score (nSPS) is 14.5. The predicted octanol–water partition coefficient (Wildman–Crippen LogP) is 2.98. The molecule has 2 rings (SSSR count). The minimum atomic E-state index is -0.244. The van der Waals surface area contributed by atoms with Crippen LogP contribution in [-0.2, 0) is 4.74 Å². The van der Waals surface area contributed by atoms with Gasteiger partial charge in [0.05, 0.1) is 12.7 Å². The zero-order valence-electron chi connectivity index (χ0n) is 8.70. The van der Waals surface area contributed by atoms with Crippen molar-refractivity contribution in [1.82, 2.24) is 0 Å². The number of hydrogen-bond donors (Lipinski definition) is 0. The fraction of sp³-hybridized carbons (Fsp3) is 0.364. The number of methoxy groups -OCH3 is 1. The molecule has 0 atom stereocenters. The molecule has 0 saturated heterocycles. The SMILES string of the molecule is COC(=O)c1ccc2c(c1C)SCCS2. The smallest absolute Gasteiger partial charge is 0.338 e. The highest BCUT2D eigenvalue weighted by Gasteiger charge is 2.18. The van der Waals surface area contributed by atoms with E-state index in [2.05, 4.69) is 0 Å². The molecule has 1 aromatic rings. The number of thioether (sulfide) groups is 2. The minimum Gasteiger partial charge on any atom is -0.465 e. The van der Waals surface area contributed by atoms with Crippen LogP contribution in [0, 0.1) is 6.92 Å². The zero-order valence-corrected chi connectivity index (χ0v) is 10.3. The van der Waals surface area contributed by atoms with Crippen LogP contribution in [0.15, 0.2) is 21.9 Å². The van der Waals surface area contributed by atoms with E-state index in [1.807, 2.05) is 42.6 Å². The van der Waals surface area contributed by atoms with E-state index in [9.17, 15) is 4.79 Å². The number of ether oxygens (including phenoxy) is 1. The van der Waals surface area contributed by atoms with Crippen molar-refractivity contribution >= 4 is 29.5 Å². The number of rotatable bonds is 1. The van der Waals surface area contributed by atoms with Crippen molar-refractivity contribution in [3.63, 3.8) is 0 Å². The van der Waals surface area contributed by atoms with Crippen LogP contribution < -0.4 is 0 Å². The highest BCUT2D eigenvalue weighted by Crippen LogP contribution is 2.39. The van der Waals surface area contributed by atoms with E-state index in [1.165, 1.54) is 16.9 Å². The van der Waals surface area contributed by atoms with Crippen LogP contribution in [0.4, 0.5) is 0 Å². The van der Waals surface area contributed by atoms with E-state index in [4.69, 9.17) is 4.74 Å². The summed E-state index contributed by atoms with van der Waals surface area (Å²) in [6, 6.07) is 3.88.